The lowest BCUT2D eigenvalue weighted by Crippen LogP contribution is -2.14. The zero-order valence-corrected chi connectivity index (χ0v) is 17.2. The summed E-state index contributed by atoms with van der Waals surface area (Å²) in [6.07, 6.45) is -0.486. The van der Waals surface area contributed by atoms with E-state index in [9.17, 15) is 10.1 Å². The number of hydrogen-bond donors (Lipinski definition) is 0. The van der Waals surface area contributed by atoms with Crippen LogP contribution in [0.1, 0.15) is 31.9 Å². The van der Waals surface area contributed by atoms with Gasteiger partial charge in [0, 0.05) is 5.56 Å². The minimum atomic E-state index is -1.01. The third-order valence-electron chi connectivity index (χ3n) is 5.23. The van der Waals surface area contributed by atoms with Crippen molar-refractivity contribution in [2.75, 3.05) is 0 Å². The Hall–Kier alpha value is -2.22. The van der Waals surface area contributed by atoms with Crippen molar-refractivity contribution in [1.29, 1.82) is 5.26 Å². The molecule has 1 saturated carbocycles. The first kappa shape index (κ1) is 20.5. The molecular formula is C22H21Cl2NO3. The van der Waals surface area contributed by atoms with E-state index in [1.165, 1.54) is 0 Å². The van der Waals surface area contributed by atoms with Crippen LogP contribution in [-0.2, 0) is 9.53 Å². The van der Waals surface area contributed by atoms with Crippen LogP contribution in [0, 0.1) is 28.6 Å². The summed E-state index contributed by atoms with van der Waals surface area (Å²) >= 11 is 11.7. The van der Waals surface area contributed by atoms with Crippen LogP contribution >= 0.6 is 23.2 Å². The van der Waals surface area contributed by atoms with Gasteiger partial charge in [-0.05, 0) is 42.0 Å². The van der Waals surface area contributed by atoms with Gasteiger partial charge in [0.25, 0.3) is 0 Å². The zero-order valence-electron chi connectivity index (χ0n) is 15.6. The third-order valence-corrected chi connectivity index (χ3v) is 5.58. The van der Waals surface area contributed by atoms with Crippen LogP contribution in [0.3, 0.4) is 0 Å². The van der Waals surface area contributed by atoms with Gasteiger partial charge in [-0.1, -0.05) is 44.2 Å². The van der Waals surface area contributed by atoms with E-state index in [4.69, 9.17) is 32.7 Å². The molecule has 0 N–H and O–H groups in total. The molecule has 0 amide bonds. The lowest BCUT2D eigenvalue weighted by Gasteiger charge is -2.13. The molecule has 2 aromatic rings. The molecule has 0 bridgehead atoms. The van der Waals surface area contributed by atoms with Crippen molar-refractivity contribution in [3.63, 3.8) is 0 Å². The summed E-state index contributed by atoms with van der Waals surface area (Å²) in [5.74, 6) is 0.588. The Morgan fingerprint density at radius 1 is 1.14 bits per heavy atom. The number of carbonyl (C=O) groups is 1. The molecule has 3 atom stereocenters. The van der Waals surface area contributed by atoms with Gasteiger partial charge in [-0.3, -0.25) is 4.79 Å². The van der Waals surface area contributed by atoms with Crippen LogP contribution in [0.5, 0.6) is 11.5 Å². The van der Waals surface area contributed by atoms with Gasteiger partial charge in [0.2, 0.25) is 6.10 Å². The van der Waals surface area contributed by atoms with E-state index < -0.39 is 16.9 Å². The van der Waals surface area contributed by atoms with Crippen LogP contribution in [-0.4, -0.2) is 10.8 Å². The van der Waals surface area contributed by atoms with Gasteiger partial charge in [0.15, 0.2) is 0 Å². The van der Waals surface area contributed by atoms with Crippen molar-refractivity contribution in [3.8, 4) is 17.6 Å². The normalized spacial score (nSPS) is 20.9. The minimum Gasteiger partial charge on any atom is -0.457 e. The van der Waals surface area contributed by atoms with Gasteiger partial charge in [-0.15, -0.1) is 23.2 Å². The van der Waals surface area contributed by atoms with Gasteiger partial charge < -0.3 is 9.47 Å². The lowest BCUT2D eigenvalue weighted by molar-refractivity contribution is -0.149. The first-order valence-electron chi connectivity index (χ1n) is 9.04. The number of rotatable bonds is 7. The summed E-state index contributed by atoms with van der Waals surface area (Å²) in [6.45, 7) is 3.96. The summed E-state index contributed by atoms with van der Waals surface area (Å²) in [7, 11) is 0. The monoisotopic (exact) mass is 417 g/mol. The smallest absolute Gasteiger partial charge is 0.311 e. The topological polar surface area (TPSA) is 59.3 Å². The van der Waals surface area contributed by atoms with Gasteiger partial charge in [0.1, 0.15) is 22.4 Å². The molecule has 28 heavy (non-hydrogen) atoms. The molecule has 2 aromatic carbocycles. The summed E-state index contributed by atoms with van der Waals surface area (Å²) < 4.78 is 11.3. The molecule has 0 aromatic heterocycles. The van der Waals surface area contributed by atoms with Gasteiger partial charge in [-0.2, -0.15) is 5.26 Å². The minimum absolute atomic E-state index is 0.0482. The number of halogens is 2. The molecule has 3 rings (SSSR count). The fourth-order valence-corrected chi connectivity index (χ4v) is 3.95. The summed E-state index contributed by atoms with van der Waals surface area (Å²) in [4.78, 5) is 12.1. The van der Waals surface area contributed by atoms with E-state index in [0.717, 1.165) is 0 Å². The number of ether oxygens (including phenoxy) is 2. The number of nitriles is 1. The predicted octanol–water partition coefficient (Wildman–Crippen LogP) is 6.05. The maximum absolute atomic E-state index is 12.6. The van der Waals surface area contributed by atoms with Gasteiger partial charge >= 0.3 is 5.97 Å². The SMILES string of the molecule is CC1(C)[C@H](CC(Cl)Cl)[C@@H]1C(=O)O[C@@H](C#N)c1cccc(Oc2ccccc2)c1. The number of carbonyl (C=O) groups excluding carboxylic acids is 1. The molecule has 0 aliphatic heterocycles. The molecule has 1 aliphatic carbocycles. The summed E-state index contributed by atoms with van der Waals surface area (Å²) in [5, 5.41) is 9.54. The second-order valence-electron chi connectivity index (χ2n) is 7.47. The molecule has 4 nitrogen and oxygen atoms in total. The van der Waals surface area contributed by atoms with E-state index >= 15 is 0 Å². The van der Waals surface area contributed by atoms with Crippen LogP contribution < -0.4 is 4.74 Å². The van der Waals surface area contributed by atoms with Crippen molar-refractivity contribution in [3.05, 3.63) is 60.2 Å². The maximum Gasteiger partial charge on any atom is 0.311 e. The number of benzene rings is 2. The van der Waals surface area contributed by atoms with E-state index in [0.29, 0.717) is 23.5 Å². The van der Waals surface area contributed by atoms with Crippen LogP contribution in [0.4, 0.5) is 0 Å². The van der Waals surface area contributed by atoms with Gasteiger partial charge in [-0.25, -0.2) is 0 Å². The largest absolute Gasteiger partial charge is 0.457 e. The van der Waals surface area contributed by atoms with Crippen molar-refractivity contribution < 1.29 is 14.3 Å². The third kappa shape index (κ3) is 4.60. The van der Waals surface area contributed by atoms with E-state index in [2.05, 4.69) is 6.07 Å². The molecule has 0 unspecified atom stereocenters. The molecule has 146 valence electrons. The number of para-hydroxylation sites is 1. The predicted molar refractivity (Wildman–Crippen MR) is 108 cm³/mol. The van der Waals surface area contributed by atoms with Crippen LogP contribution in [0.25, 0.3) is 0 Å². The Morgan fingerprint density at radius 3 is 2.46 bits per heavy atom. The van der Waals surface area contributed by atoms with Crippen molar-refractivity contribution in [2.24, 2.45) is 17.3 Å². The molecule has 1 fully saturated rings. The first-order chi connectivity index (χ1) is 13.3. The summed E-state index contributed by atoms with van der Waals surface area (Å²) in [5.41, 5.74) is 0.323. The quantitative estimate of drug-likeness (QED) is 0.406. The Labute approximate surface area is 175 Å². The van der Waals surface area contributed by atoms with Crippen molar-refractivity contribution in [2.45, 2.75) is 31.2 Å². The molecule has 0 radical (unpaired) electrons. The number of hydrogen-bond acceptors (Lipinski definition) is 4. The summed E-state index contributed by atoms with van der Waals surface area (Å²) in [6, 6.07) is 18.4. The van der Waals surface area contributed by atoms with Gasteiger partial charge in [0.05, 0.1) is 5.92 Å². The van der Waals surface area contributed by atoms with E-state index in [1.807, 2.05) is 44.2 Å². The zero-order chi connectivity index (χ0) is 20.3. The highest BCUT2D eigenvalue weighted by molar-refractivity contribution is 6.44. The average Bonchev–Trinajstić information content (AvgIpc) is 3.20. The number of esters is 1. The van der Waals surface area contributed by atoms with E-state index in [-0.39, 0.29) is 17.3 Å². The second kappa shape index (κ2) is 8.43. The van der Waals surface area contributed by atoms with E-state index in [1.54, 1.807) is 24.3 Å². The standard InChI is InChI=1S/C22H21Cl2NO3/c1-22(2)17(12-19(23)24)20(22)21(26)28-18(13-25)14-7-6-10-16(11-14)27-15-8-4-3-5-9-15/h3-11,17-20H,12H2,1-2H3/t17-,18+,20-/m1/s1. The Kier molecular flexibility index (Phi) is 6.17. The highest BCUT2D eigenvalue weighted by Crippen LogP contribution is 2.61. The lowest BCUT2D eigenvalue weighted by atomic mass is 10.1. The average molecular weight is 418 g/mol. The first-order valence-corrected chi connectivity index (χ1v) is 9.91. The Balaban J connectivity index is 1.70. The second-order valence-corrected chi connectivity index (χ2v) is 8.74. The molecule has 0 saturated heterocycles. The number of alkyl halides is 2. The molecule has 0 heterocycles. The molecule has 6 heteroatoms. The fraction of sp³-hybridized carbons (Fsp3) is 0.364. The Bertz CT molecular complexity index is 877. The number of nitrogens with zero attached hydrogens (tertiary/aromatic N) is 1. The highest BCUT2D eigenvalue weighted by Gasteiger charge is 2.62. The molecule has 1 aliphatic rings. The van der Waals surface area contributed by atoms with Crippen LogP contribution in [0.15, 0.2) is 54.6 Å². The highest BCUT2D eigenvalue weighted by atomic mass is 35.5. The van der Waals surface area contributed by atoms with Crippen molar-refractivity contribution >= 4 is 29.2 Å². The fourth-order valence-electron chi connectivity index (χ4n) is 3.57. The molecule has 0 spiro atoms. The molecular weight excluding hydrogens is 397 g/mol. The maximum atomic E-state index is 12.6. The van der Waals surface area contributed by atoms with Crippen LogP contribution in [0.2, 0.25) is 0 Å². The van der Waals surface area contributed by atoms with Crippen molar-refractivity contribution in [1.82, 2.24) is 0 Å². The Morgan fingerprint density at radius 2 is 1.82 bits per heavy atom.